The van der Waals surface area contributed by atoms with Gasteiger partial charge in [-0.1, -0.05) is 18.5 Å². The van der Waals surface area contributed by atoms with Gasteiger partial charge in [-0.05, 0) is 54.2 Å². The van der Waals surface area contributed by atoms with Gasteiger partial charge in [-0.3, -0.25) is 5.10 Å². The molecule has 6 nitrogen and oxygen atoms in total. The van der Waals surface area contributed by atoms with Gasteiger partial charge < -0.3 is 14.5 Å². The molecule has 3 aromatic rings. The van der Waals surface area contributed by atoms with Gasteiger partial charge in [-0.15, -0.1) is 5.10 Å². The van der Waals surface area contributed by atoms with E-state index in [1.807, 2.05) is 42.0 Å². The van der Waals surface area contributed by atoms with Gasteiger partial charge in [0.05, 0.1) is 5.97 Å². The lowest BCUT2D eigenvalue weighted by atomic mass is 10.3. The molecule has 0 saturated carbocycles. The predicted octanol–water partition coefficient (Wildman–Crippen LogP) is 2.69. The van der Waals surface area contributed by atoms with Crippen LogP contribution in [-0.4, -0.2) is 25.7 Å². The highest BCUT2D eigenvalue weighted by atomic mass is 35.5. The van der Waals surface area contributed by atoms with E-state index in [2.05, 4.69) is 15.2 Å². The number of nitrogens with one attached hydrogen (secondary N) is 1. The highest BCUT2D eigenvalue weighted by molar-refractivity contribution is 8.04. The Balaban J connectivity index is 1.92. The highest BCUT2D eigenvalue weighted by Crippen LogP contribution is 2.26. The summed E-state index contributed by atoms with van der Waals surface area (Å²) in [5.74, 6) is -0.582. The summed E-state index contributed by atoms with van der Waals surface area (Å²) in [4.78, 5) is 15.7. The van der Waals surface area contributed by atoms with E-state index in [1.165, 1.54) is 6.08 Å². The topological polar surface area (TPSA) is 86.6 Å². The van der Waals surface area contributed by atoms with Gasteiger partial charge in [0.2, 0.25) is 5.16 Å². The summed E-state index contributed by atoms with van der Waals surface area (Å²) in [6, 6.07) is 10.9. The van der Waals surface area contributed by atoms with Gasteiger partial charge in [0.1, 0.15) is 5.82 Å². The van der Waals surface area contributed by atoms with Crippen LogP contribution in [0.2, 0.25) is 5.02 Å². The lowest BCUT2D eigenvalue weighted by Gasteiger charge is -2.09. The molecule has 128 valence electrons. The van der Waals surface area contributed by atoms with Crippen molar-refractivity contribution in [1.29, 1.82) is 0 Å². The van der Waals surface area contributed by atoms with E-state index >= 15 is 0 Å². The molecule has 25 heavy (non-hydrogen) atoms. The third-order valence-corrected chi connectivity index (χ3v) is 4.53. The standard InChI is InChI=1S/C17H15ClN4O2S/c1-2-15-19-17(21-20-15)25-14(16(23)24)10-13-4-3-9-22(13)12-7-5-11(18)6-8-12/h3-10H,2H2,1H3,(H,23,24)(H,19,20,21)/p-1/b14-10-. The minimum Gasteiger partial charge on any atom is -0.544 e. The molecule has 8 heteroatoms. The molecule has 0 aliphatic carbocycles. The smallest absolute Gasteiger partial charge is 0.213 e. The number of aliphatic carboxylic acids is 1. The van der Waals surface area contributed by atoms with E-state index < -0.39 is 5.97 Å². The first-order valence-electron chi connectivity index (χ1n) is 7.52. The second-order valence-corrected chi connectivity index (χ2v) is 6.54. The monoisotopic (exact) mass is 373 g/mol. The van der Waals surface area contributed by atoms with Crippen LogP contribution in [0.15, 0.2) is 52.7 Å². The van der Waals surface area contributed by atoms with E-state index in [0.29, 0.717) is 28.1 Å². The lowest BCUT2D eigenvalue weighted by molar-refractivity contribution is -0.297. The third-order valence-electron chi connectivity index (χ3n) is 3.41. The molecule has 0 fully saturated rings. The van der Waals surface area contributed by atoms with Crippen molar-refractivity contribution in [2.24, 2.45) is 0 Å². The van der Waals surface area contributed by atoms with E-state index in [4.69, 9.17) is 11.6 Å². The van der Waals surface area contributed by atoms with Crippen molar-refractivity contribution in [1.82, 2.24) is 19.7 Å². The Bertz CT molecular complexity index is 915. The summed E-state index contributed by atoms with van der Waals surface area (Å²) in [5.41, 5.74) is 1.56. The largest absolute Gasteiger partial charge is 0.544 e. The minimum atomic E-state index is -1.28. The Morgan fingerprint density at radius 2 is 2.12 bits per heavy atom. The fourth-order valence-corrected chi connectivity index (χ4v) is 3.03. The molecule has 2 heterocycles. The molecule has 0 aliphatic heterocycles. The van der Waals surface area contributed by atoms with Crippen LogP contribution >= 0.6 is 23.4 Å². The number of nitrogens with zero attached hydrogens (tertiary/aromatic N) is 3. The zero-order valence-corrected chi connectivity index (χ0v) is 14.8. The molecule has 0 spiro atoms. The molecule has 0 bridgehead atoms. The summed E-state index contributed by atoms with van der Waals surface area (Å²) in [5, 5.41) is 19.2. The number of carbonyl (C=O) groups is 1. The molecule has 0 aliphatic rings. The van der Waals surface area contributed by atoms with Crippen LogP contribution in [-0.2, 0) is 11.2 Å². The van der Waals surface area contributed by atoms with Crippen molar-refractivity contribution in [3.63, 3.8) is 0 Å². The molecule has 0 radical (unpaired) electrons. The number of aromatic amines is 1. The average molecular weight is 374 g/mol. The molecule has 3 rings (SSSR count). The Morgan fingerprint density at radius 1 is 1.36 bits per heavy atom. The second-order valence-electron chi connectivity index (χ2n) is 5.10. The zero-order chi connectivity index (χ0) is 17.8. The number of aryl methyl sites for hydroxylation is 1. The summed E-state index contributed by atoms with van der Waals surface area (Å²) in [6.45, 7) is 1.93. The first kappa shape index (κ1) is 17.3. The number of carbonyl (C=O) groups excluding carboxylic acids is 1. The number of hydrogen-bond acceptors (Lipinski definition) is 5. The zero-order valence-electron chi connectivity index (χ0n) is 13.3. The van der Waals surface area contributed by atoms with Gasteiger partial charge >= 0.3 is 0 Å². The van der Waals surface area contributed by atoms with Crippen molar-refractivity contribution >= 4 is 35.4 Å². The molecule has 1 aromatic carbocycles. The van der Waals surface area contributed by atoms with E-state index in [9.17, 15) is 9.90 Å². The number of benzene rings is 1. The Morgan fingerprint density at radius 3 is 2.76 bits per heavy atom. The van der Waals surface area contributed by atoms with Crippen molar-refractivity contribution in [2.45, 2.75) is 18.5 Å². The lowest BCUT2D eigenvalue weighted by Crippen LogP contribution is -2.23. The van der Waals surface area contributed by atoms with Gasteiger partial charge in [-0.2, -0.15) is 0 Å². The van der Waals surface area contributed by atoms with Gasteiger partial charge in [-0.25, -0.2) is 4.98 Å². The summed E-state index contributed by atoms with van der Waals surface area (Å²) in [7, 11) is 0. The molecule has 2 aromatic heterocycles. The summed E-state index contributed by atoms with van der Waals surface area (Å²) in [6.07, 6.45) is 4.07. The van der Waals surface area contributed by atoms with Crippen molar-refractivity contribution < 1.29 is 9.90 Å². The van der Waals surface area contributed by atoms with E-state index in [0.717, 1.165) is 17.4 Å². The Kier molecular flexibility index (Phi) is 5.25. The number of rotatable bonds is 6. The molecule has 0 saturated heterocycles. The fraction of sp³-hybridized carbons (Fsp3) is 0.118. The number of halogens is 1. The molecule has 0 atom stereocenters. The molecule has 1 N–H and O–H groups in total. The van der Waals surface area contributed by atoms with Gasteiger partial charge in [0, 0.05) is 33.9 Å². The quantitative estimate of drug-likeness (QED) is 0.530. The second kappa shape index (κ2) is 7.58. The van der Waals surface area contributed by atoms with Crippen LogP contribution in [0.25, 0.3) is 11.8 Å². The Labute approximate surface area is 153 Å². The van der Waals surface area contributed by atoms with Crippen LogP contribution < -0.4 is 5.11 Å². The third kappa shape index (κ3) is 4.12. The fourth-order valence-electron chi connectivity index (χ4n) is 2.19. The van der Waals surface area contributed by atoms with Gasteiger partial charge in [0.25, 0.3) is 0 Å². The molecule has 0 unspecified atom stereocenters. The van der Waals surface area contributed by atoms with Crippen molar-refractivity contribution in [3.8, 4) is 5.69 Å². The van der Waals surface area contributed by atoms with E-state index in [-0.39, 0.29) is 4.91 Å². The molecule has 0 amide bonds. The number of thioether (sulfide) groups is 1. The first-order chi connectivity index (χ1) is 12.1. The normalized spacial score (nSPS) is 11.7. The summed E-state index contributed by atoms with van der Waals surface area (Å²) >= 11 is 6.86. The maximum Gasteiger partial charge on any atom is 0.213 e. The minimum absolute atomic E-state index is 0.0237. The van der Waals surface area contributed by atoms with Crippen molar-refractivity contribution in [3.05, 3.63) is 64.0 Å². The van der Waals surface area contributed by atoms with Crippen LogP contribution in [0.4, 0.5) is 0 Å². The van der Waals surface area contributed by atoms with Crippen LogP contribution in [0.3, 0.4) is 0 Å². The number of hydrogen-bond donors (Lipinski definition) is 1. The predicted molar refractivity (Wildman–Crippen MR) is 95.4 cm³/mol. The number of carboxylic acid groups (broad SMARTS) is 1. The maximum atomic E-state index is 11.5. The molecular formula is C17H14ClN4O2S-. The van der Waals surface area contributed by atoms with E-state index in [1.54, 1.807) is 12.1 Å². The highest BCUT2D eigenvalue weighted by Gasteiger charge is 2.10. The van der Waals surface area contributed by atoms with Crippen molar-refractivity contribution in [2.75, 3.05) is 0 Å². The van der Waals surface area contributed by atoms with Crippen LogP contribution in [0.1, 0.15) is 18.4 Å². The number of aromatic nitrogens is 4. The average Bonchev–Trinajstić information content (AvgIpc) is 3.24. The van der Waals surface area contributed by atoms with Gasteiger partial charge in [0.15, 0.2) is 0 Å². The summed E-state index contributed by atoms with van der Waals surface area (Å²) < 4.78 is 1.86. The SMILES string of the molecule is CCc1nc(S/C(=C\c2cccn2-c2ccc(Cl)cc2)C(=O)[O-])n[nH]1. The number of H-pyrrole nitrogens is 1. The molecular weight excluding hydrogens is 360 g/mol. The van der Waals surface area contributed by atoms with Crippen LogP contribution in [0, 0.1) is 0 Å². The Hall–Kier alpha value is -2.51. The number of carboxylic acids is 1. The first-order valence-corrected chi connectivity index (χ1v) is 8.71. The maximum absolute atomic E-state index is 11.5. The van der Waals surface area contributed by atoms with Crippen LogP contribution in [0.5, 0.6) is 0 Å².